The van der Waals surface area contributed by atoms with Gasteiger partial charge in [-0.05, 0) is 64.4 Å². The molecule has 0 amide bonds. The standard InChI is InChI=1S/C26H25NS/c1-4-17-14-23-26(25(21(17)5-2)18-10-6-7-11-18)28-24-16-20-13-9-8-12-19(20)15-22(24)27(23)3/h4-5,8-9,12-16,18H,1-2,6-7,10-11H2,3H3. The van der Waals surface area contributed by atoms with Gasteiger partial charge in [-0.1, -0.05) is 74.2 Å². The Kier molecular flexibility index (Phi) is 4.32. The first-order valence-corrected chi connectivity index (χ1v) is 10.9. The molecule has 1 saturated carbocycles. The van der Waals surface area contributed by atoms with Crippen LogP contribution in [0.5, 0.6) is 0 Å². The van der Waals surface area contributed by atoms with Crippen LogP contribution in [0.3, 0.4) is 0 Å². The molecule has 1 heterocycles. The maximum absolute atomic E-state index is 4.15. The summed E-state index contributed by atoms with van der Waals surface area (Å²) in [5.74, 6) is 0.629. The van der Waals surface area contributed by atoms with Crippen LogP contribution in [0.2, 0.25) is 0 Å². The monoisotopic (exact) mass is 383 g/mol. The van der Waals surface area contributed by atoms with Gasteiger partial charge in [-0.3, -0.25) is 0 Å². The molecular formula is C26H25NS. The van der Waals surface area contributed by atoms with E-state index < -0.39 is 0 Å². The Balaban J connectivity index is 1.76. The van der Waals surface area contributed by atoms with E-state index in [1.165, 1.54) is 74.3 Å². The predicted molar refractivity (Wildman–Crippen MR) is 124 cm³/mol. The second-order valence-corrected chi connectivity index (χ2v) is 8.91. The van der Waals surface area contributed by atoms with E-state index in [1.807, 2.05) is 23.9 Å². The molecule has 5 rings (SSSR count). The van der Waals surface area contributed by atoms with E-state index in [9.17, 15) is 0 Å². The highest BCUT2D eigenvalue weighted by Gasteiger charge is 2.30. The minimum absolute atomic E-state index is 0.629. The largest absolute Gasteiger partial charge is 0.343 e. The van der Waals surface area contributed by atoms with Crippen LogP contribution >= 0.6 is 11.8 Å². The molecule has 1 nitrogen and oxygen atoms in total. The van der Waals surface area contributed by atoms with Crippen molar-refractivity contribution >= 4 is 46.1 Å². The summed E-state index contributed by atoms with van der Waals surface area (Å²) in [6.45, 7) is 8.25. The molecule has 1 fully saturated rings. The summed E-state index contributed by atoms with van der Waals surface area (Å²) in [5, 5.41) is 2.60. The average molecular weight is 384 g/mol. The Morgan fingerprint density at radius 2 is 1.68 bits per heavy atom. The van der Waals surface area contributed by atoms with E-state index >= 15 is 0 Å². The normalized spacial score (nSPS) is 16.1. The smallest absolute Gasteiger partial charge is 0.0559 e. The SMILES string of the molecule is C=Cc1cc2c(c(C3CCCC3)c1C=C)Sc1cc3ccccc3cc1N2C. The first-order chi connectivity index (χ1) is 13.7. The lowest BCUT2D eigenvalue weighted by atomic mass is 9.88. The molecular weight excluding hydrogens is 358 g/mol. The Labute approximate surface area is 171 Å². The summed E-state index contributed by atoms with van der Waals surface area (Å²) in [4.78, 5) is 5.12. The second kappa shape index (κ2) is 6.86. The van der Waals surface area contributed by atoms with Gasteiger partial charge < -0.3 is 4.90 Å². The zero-order valence-electron chi connectivity index (χ0n) is 16.4. The van der Waals surface area contributed by atoms with E-state index in [1.54, 1.807) is 0 Å². The van der Waals surface area contributed by atoms with Crippen molar-refractivity contribution in [1.29, 1.82) is 0 Å². The minimum atomic E-state index is 0.629. The fourth-order valence-electron chi connectivity index (χ4n) is 4.87. The van der Waals surface area contributed by atoms with Gasteiger partial charge in [0, 0.05) is 16.8 Å². The van der Waals surface area contributed by atoms with Gasteiger partial charge >= 0.3 is 0 Å². The third-order valence-electron chi connectivity index (χ3n) is 6.32. The molecule has 0 N–H and O–H groups in total. The van der Waals surface area contributed by atoms with Crippen LogP contribution in [0.1, 0.15) is 48.3 Å². The quantitative estimate of drug-likeness (QED) is 0.450. The molecule has 0 saturated heterocycles. The molecule has 3 aromatic rings. The number of nitrogens with zero attached hydrogens (tertiary/aromatic N) is 1. The second-order valence-electron chi connectivity index (χ2n) is 7.86. The third-order valence-corrected chi connectivity index (χ3v) is 7.50. The highest BCUT2D eigenvalue weighted by molar-refractivity contribution is 7.99. The topological polar surface area (TPSA) is 3.24 Å². The van der Waals surface area contributed by atoms with Crippen molar-refractivity contribution in [1.82, 2.24) is 0 Å². The molecule has 1 aliphatic heterocycles. The summed E-state index contributed by atoms with van der Waals surface area (Å²) >= 11 is 1.94. The Morgan fingerprint density at radius 1 is 0.964 bits per heavy atom. The van der Waals surface area contributed by atoms with Gasteiger partial charge in [-0.15, -0.1) is 0 Å². The van der Waals surface area contributed by atoms with Crippen LogP contribution in [-0.4, -0.2) is 7.05 Å². The van der Waals surface area contributed by atoms with Crippen LogP contribution in [0.4, 0.5) is 11.4 Å². The van der Waals surface area contributed by atoms with Gasteiger partial charge in [0.05, 0.1) is 11.4 Å². The molecule has 0 spiro atoms. The van der Waals surface area contributed by atoms with Gasteiger partial charge in [0.1, 0.15) is 0 Å². The van der Waals surface area contributed by atoms with Crippen molar-refractivity contribution in [3.05, 3.63) is 72.3 Å². The van der Waals surface area contributed by atoms with Crippen LogP contribution < -0.4 is 4.90 Å². The first kappa shape index (κ1) is 17.6. The Hall–Kier alpha value is -2.45. The molecule has 28 heavy (non-hydrogen) atoms. The number of fused-ring (bicyclic) bond motifs is 3. The number of hydrogen-bond acceptors (Lipinski definition) is 2. The summed E-state index contributed by atoms with van der Waals surface area (Å²) in [5.41, 5.74) is 6.57. The zero-order valence-corrected chi connectivity index (χ0v) is 17.2. The van der Waals surface area contributed by atoms with Crippen LogP contribution in [0.25, 0.3) is 22.9 Å². The fourth-order valence-corrected chi connectivity index (χ4v) is 6.26. The van der Waals surface area contributed by atoms with Crippen molar-refractivity contribution in [2.75, 3.05) is 11.9 Å². The van der Waals surface area contributed by atoms with E-state index in [0.717, 1.165) is 0 Å². The van der Waals surface area contributed by atoms with Crippen LogP contribution in [0.15, 0.2) is 65.4 Å². The number of rotatable bonds is 3. The number of anilines is 2. The summed E-state index contributed by atoms with van der Waals surface area (Å²) in [7, 11) is 2.20. The molecule has 0 aromatic heterocycles. The number of benzene rings is 3. The maximum atomic E-state index is 4.15. The zero-order chi connectivity index (χ0) is 19.3. The summed E-state index contributed by atoms with van der Waals surface area (Å²) < 4.78 is 0. The third kappa shape index (κ3) is 2.62. The van der Waals surface area contributed by atoms with Crippen molar-refractivity contribution in [3.8, 4) is 0 Å². The van der Waals surface area contributed by atoms with E-state index in [0.29, 0.717) is 5.92 Å². The molecule has 3 aromatic carbocycles. The lowest BCUT2D eigenvalue weighted by Crippen LogP contribution is -2.17. The van der Waals surface area contributed by atoms with Gasteiger partial charge in [0.2, 0.25) is 0 Å². The molecule has 0 radical (unpaired) electrons. The van der Waals surface area contributed by atoms with E-state index in [4.69, 9.17) is 0 Å². The highest BCUT2D eigenvalue weighted by Crippen LogP contribution is 2.54. The van der Waals surface area contributed by atoms with Gasteiger partial charge in [0.25, 0.3) is 0 Å². The molecule has 0 bridgehead atoms. The Morgan fingerprint density at radius 3 is 2.36 bits per heavy atom. The highest BCUT2D eigenvalue weighted by atomic mass is 32.2. The molecule has 140 valence electrons. The lowest BCUT2D eigenvalue weighted by molar-refractivity contribution is 0.706. The van der Waals surface area contributed by atoms with Gasteiger partial charge in [-0.25, -0.2) is 0 Å². The molecule has 1 aliphatic carbocycles. The van der Waals surface area contributed by atoms with Crippen LogP contribution in [0, 0.1) is 0 Å². The van der Waals surface area contributed by atoms with Crippen LogP contribution in [-0.2, 0) is 0 Å². The fraction of sp³-hybridized carbons (Fsp3) is 0.231. The molecule has 2 aliphatic rings. The molecule has 2 heteroatoms. The van der Waals surface area contributed by atoms with E-state index in [-0.39, 0.29) is 0 Å². The summed E-state index contributed by atoms with van der Waals surface area (Å²) in [6, 6.07) is 15.6. The number of hydrogen-bond donors (Lipinski definition) is 0. The summed E-state index contributed by atoms with van der Waals surface area (Å²) in [6.07, 6.45) is 9.25. The van der Waals surface area contributed by atoms with Crippen molar-refractivity contribution < 1.29 is 0 Å². The van der Waals surface area contributed by atoms with Crippen molar-refractivity contribution in [2.45, 2.75) is 41.4 Å². The minimum Gasteiger partial charge on any atom is -0.343 e. The van der Waals surface area contributed by atoms with Crippen molar-refractivity contribution in [2.24, 2.45) is 0 Å². The lowest BCUT2D eigenvalue weighted by Gasteiger charge is -2.34. The average Bonchev–Trinajstić information content (AvgIpc) is 3.26. The first-order valence-electron chi connectivity index (χ1n) is 10.1. The maximum Gasteiger partial charge on any atom is 0.0559 e. The van der Waals surface area contributed by atoms with Crippen molar-refractivity contribution in [3.63, 3.8) is 0 Å². The Bertz CT molecular complexity index is 1110. The van der Waals surface area contributed by atoms with E-state index in [2.05, 4.69) is 67.6 Å². The molecule has 0 unspecified atom stereocenters. The van der Waals surface area contributed by atoms with Gasteiger partial charge in [-0.2, -0.15) is 0 Å². The molecule has 0 atom stereocenters. The predicted octanol–water partition coefficient (Wildman–Crippen LogP) is 8.02. The van der Waals surface area contributed by atoms with Gasteiger partial charge in [0.15, 0.2) is 0 Å².